The van der Waals surface area contributed by atoms with Gasteiger partial charge in [-0.15, -0.1) is 12.4 Å². The number of benzene rings is 5. The van der Waals surface area contributed by atoms with Crippen molar-refractivity contribution < 1.29 is 99.5 Å². The van der Waals surface area contributed by atoms with Gasteiger partial charge in [0.15, 0.2) is 17.5 Å². The van der Waals surface area contributed by atoms with Crippen molar-refractivity contribution in [2.24, 2.45) is 5.73 Å². The second-order valence-corrected chi connectivity index (χ2v) is 29.5. The summed E-state index contributed by atoms with van der Waals surface area (Å²) in [5.74, 6) is -1.71. The summed E-state index contributed by atoms with van der Waals surface area (Å²) in [5, 5.41) is 18.2. The zero-order chi connectivity index (χ0) is 86.5. The van der Waals surface area contributed by atoms with Gasteiger partial charge in [0.2, 0.25) is 0 Å². The van der Waals surface area contributed by atoms with Gasteiger partial charge in [-0.3, -0.25) is 24.6 Å². The minimum Gasteiger partial charge on any atom is -0.550 e. The zero-order valence-corrected chi connectivity index (χ0v) is 75.2. The van der Waals surface area contributed by atoms with Gasteiger partial charge in [0, 0.05) is 133 Å². The Kier molecular flexibility index (Phi) is 46.5. The molecule has 0 atom stereocenters. The molecule has 4 aromatic heterocycles. The predicted molar refractivity (Wildman–Crippen MR) is 457 cm³/mol. The minimum atomic E-state index is -1.08. The van der Waals surface area contributed by atoms with Crippen molar-refractivity contribution in [1.82, 2.24) is 39.9 Å². The molecular formula is C85H95Cl7F5N12NaO11. The van der Waals surface area contributed by atoms with Crippen molar-refractivity contribution in [2.45, 2.75) is 162 Å². The van der Waals surface area contributed by atoms with Crippen molar-refractivity contribution >= 4 is 123 Å². The van der Waals surface area contributed by atoms with Gasteiger partial charge in [0.05, 0.1) is 57.1 Å². The van der Waals surface area contributed by atoms with Crippen LogP contribution in [0, 0.1) is 34.5 Å². The number of hydrogen-bond donors (Lipinski definition) is 3. The van der Waals surface area contributed by atoms with Crippen LogP contribution in [-0.4, -0.2) is 141 Å². The molecule has 2 aliphatic rings. The fourth-order valence-electron chi connectivity index (χ4n) is 11.9. The van der Waals surface area contributed by atoms with E-state index in [4.69, 9.17) is 109 Å². The van der Waals surface area contributed by atoms with Crippen LogP contribution >= 0.6 is 82.0 Å². The van der Waals surface area contributed by atoms with Crippen LogP contribution in [0.4, 0.5) is 33.6 Å². The third kappa shape index (κ3) is 35.9. The Morgan fingerprint density at radius 1 is 0.463 bits per heavy atom. The largest absolute Gasteiger partial charge is 1.00 e. The number of aromatic nitrogens is 8. The molecule has 646 valence electrons. The van der Waals surface area contributed by atoms with Gasteiger partial charge in [0.1, 0.15) is 57.5 Å². The maximum atomic E-state index is 14.1. The van der Waals surface area contributed by atoms with Gasteiger partial charge in [-0.2, -0.15) is 0 Å². The fourth-order valence-corrected chi connectivity index (χ4v) is 12.7. The van der Waals surface area contributed by atoms with E-state index in [-0.39, 0.29) is 132 Å². The number of carbonyl (C=O) groups is 4. The number of aromatic amines is 1. The first kappa shape index (κ1) is 103. The first-order valence-corrected chi connectivity index (χ1v) is 41.2. The molecular weight excluding hydrogens is 1730 g/mol. The number of rotatable bonds is 32. The molecule has 0 saturated carbocycles. The van der Waals surface area contributed by atoms with Crippen molar-refractivity contribution in [3.05, 3.63) is 213 Å². The van der Waals surface area contributed by atoms with Crippen molar-refractivity contribution in [3.8, 4) is 45.6 Å². The summed E-state index contributed by atoms with van der Waals surface area (Å²) in [6.07, 6.45) is 11.3. The summed E-state index contributed by atoms with van der Waals surface area (Å²) >= 11 is 34.4. The average Bonchev–Trinajstić information content (AvgIpc) is 0.812. The maximum Gasteiger partial charge on any atom is 1.00 e. The monoisotopic (exact) mass is 1820 g/mol. The Bertz CT molecular complexity index is 4930. The molecule has 0 spiro atoms. The van der Waals surface area contributed by atoms with Crippen molar-refractivity contribution in [1.29, 1.82) is 5.41 Å². The van der Waals surface area contributed by atoms with Gasteiger partial charge in [0.25, 0.3) is 5.56 Å². The number of nitrogens with zero attached hydrogens (tertiary/aromatic N) is 9. The molecule has 0 bridgehead atoms. The number of carboxylic acid groups (broad SMARTS) is 1. The molecule has 2 aliphatic heterocycles. The Morgan fingerprint density at radius 3 is 1.14 bits per heavy atom. The molecule has 23 nitrogen and oxygen atoms in total. The van der Waals surface area contributed by atoms with E-state index in [1.54, 1.807) is 51.1 Å². The number of aryl methyl sites for hydroxylation is 4. The van der Waals surface area contributed by atoms with Gasteiger partial charge < -0.3 is 54.1 Å². The van der Waals surface area contributed by atoms with Crippen molar-refractivity contribution in [2.75, 3.05) is 69.0 Å². The van der Waals surface area contributed by atoms with Gasteiger partial charge in [-0.1, -0.05) is 83.5 Å². The molecule has 0 unspecified atom stereocenters. The number of piperidine rings is 2. The zero-order valence-electron chi connectivity index (χ0n) is 67.9. The molecule has 36 heteroatoms. The van der Waals surface area contributed by atoms with E-state index in [0.29, 0.717) is 141 Å². The normalized spacial score (nSPS) is 12.4. The molecule has 0 aliphatic carbocycles. The van der Waals surface area contributed by atoms with Crippen LogP contribution in [0.1, 0.15) is 153 Å². The van der Waals surface area contributed by atoms with Crippen LogP contribution in [0.15, 0.2) is 120 Å². The number of amidine groups is 1. The topological polar surface area (TPSA) is 317 Å². The Hall–Kier alpha value is -8.23. The Morgan fingerprint density at radius 2 is 0.793 bits per heavy atom. The maximum absolute atomic E-state index is 14.1. The average molecular weight is 1830 g/mol. The Labute approximate surface area is 758 Å². The summed E-state index contributed by atoms with van der Waals surface area (Å²) in [6.45, 7) is 15.4. The number of aliphatic carboxylic acids is 1. The molecule has 0 radical (unpaired) electrons. The minimum absolute atomic E-state index is 0. The van der Waals surface area contributed by atoms with E-state index in [9.17, 15) is 51.0 Å². The van der Waals surface area contributed by atoms with Crippen LogP contribution in [0.3, 0.4) is 0 Å². The number of hydrogen-bond acceptors (Lipinski definition) is 21. The molecule has 5 aromatic carbocycles. The summed E-state index contributed by atoms with van der Waals surface area (Å²) in [7, 11) is 0. The molecule has 4 N–H and O–H groups in total. The standard InChI is InChI=1S/C24H31ClFN3O3.C22H27ClFN3O3.C16H15Cl2FN2O2.C16H16ClFN2O3.C7H6ClFN2.ClH.Na/c1-3-14-32-19-10-12-29(13-11-19)22-16-18(6-5-7-23(30)31-4-2)27-24(28-22)17-8-9-20(25)21(26)15-17;1-2-12-30-17-8-10-27(11-9-17)20-14-16(4-3-5-21(28)29)25-22(26-20)15-6-7-18(23)19(24)13-15;1-2-23-15(22)5-3-4-11-9-14(18)21-16(20-11)10-6-7-12(17)13(19)8-10;1-2-23-15(22)5-3-4-11-9-14(21)20-16(19-11)10-6-7-12(17)13(18)8-10;8-5-2-1-4(7(10)11)3-6(5)9;;/h8-9,15-16,19H,3-7,10-14H2,1-2H3;6-7,13-14,17H,2-5,8-12H2,1H3,(H,28,29);6-9H,2-5H2,1H3;6-9H,2-5H2,1H3,(H,19,20,21);1-3H,(H3,10,11);1H;/q;;;;;;+1/p-1. The second-order valence-electron chi connectivity index (χ2n) is 27.0. The number of anilines is 2. The number of H-pyrrole nitrogens is 1. The van der Waals surface area contributed by atoms with Crippen molar-refractivity contribution in [3.63, 3.8) is 0 Å². The first-order valence-electron chi connectivity index (χ1n) is 39.0. The number of carboxylic acids is 1. The van der Waals surface area contributed by atoms with Crippen LogP contribution in [0.2, 0.25) is 30.3 Å². The molecule has 6 heterocycles. The third-order valence-corrected chi connectivity index (χ3v) is 19.6. The van der Waals surface area contributed by atoms with E-state index < -0.39 is 35.1 Å². The van der Waals surface area contributed by atoms with E-state index in [0.717, 1.165) is 107 Å². The molecule has 121 heavy (non-hydrogen) atoms. The summed E-state index contributed by atoms with van der Waals surface area (Å²) in [6, 6.07) is 28.4. The second kappa shape index (κ2) is 54.4. The van der Waals surface area contributed by atoms with E-state index in [1.807, 2.05) is 12.1 Å². The number of nitrogens with one attached hydrogen (secondary N) is 2. The van der Waals surface area contributed by atoms with E-state index in [1.165, 1.54) is 66.7 Å². The smallest absolute Gasteiger partial charge is 0.550 e. The summed E-state index contributed by atoms with van der Waals surface area (Å²) in [5.41, 5.74) is 9.87. The van der Waals surface area contributed by atoms with Gasteiger partial charge >= 0.3 is 47.5 Å². The summed E-state index contributed by atoms with van der Waals surface area (Å²) < 4.78 is 94.2. The van der Waals surface area contributed by atoms with Crippen LogP contribution in [0.25, 0.3) is 45.6 Å². The number of nitrogens with two attached hydrogens (primary N) is 1. The molecule has 0 amide bonds. The Balaban J connectivity index is 0.000000276. The predicted octanol–water partition coefficient (Wildman–Crippen LogP) is 15.4. The fraction of sp³-hybridized carbons (Fsp3) is 0.400. The number of carbonyl (C=O) groups excluding carboxylic acids is 4. The molecule has 2 fully saturated rings. The number of ether oxygens (including phenoxy) is 5. The van der Waals surface area contributed by atoms with Crippen LogP contribution < -0.4 is 55.8 Å². The number of nitrogen functional groups attached to an aromatic ring is 1. The number of halogens is 12. The van der Waals surface area contributed by atoms with E-state index >= 15 is 0 Å². The van der Waals surface area contributed by atoms with Gasteiger partial charge in [-0.25, -0.2) is 56.8 Å². The number of esters is 3. The molecule has 9 aromatic rings. The van der Waals surface area contributed by atoms with E-state index in [2.05, 4.69) is 58.5 Å². The van der Waals surface area contributed by atoms with Crippen LogP contribution in [-0.2, 0) is 68.5 Å². The SMILES string of the molecule is CCCOC1CCN(c2cc(CCCC(=O)OCC)nc(-c3ccc(Cl)c(F)c3)n2)CC1.CCCOC1CCN(c2cc(CCCC(=O)[O-])nc(-c3ccc(Cl)c(F)c3)n2)CC1.CCOC(=O)CCCc1cc(=O)[nH]c(-c2ccc(Cl)c(F)c2)n1.CCOC(=O)CCCc1cc(Cl)nc(-c2ccc(Cl)c(F)c2)n1.Cl.N=C(N)c1ccc(Cl)c(F)c1.[Na+]. The first-order chi connectivity index (χ1) is 57.0. The summed E-state index contributed by atoms with van der Waals surface area (Å²) in [4.78, 5) is 95.1. The molecule has 2 saturated heterocycles. The molecule has 11 rings (SSSR count). The van der Waals surface area contributed by atoms with Crippen LogP contribution in [0.5, 0.6) is 0 Å². The van der Waals surface area contributed by atoms with Gasteiger partial charge in [-0.05, 0) is 214 Å². The third-order valence-electron chi connectivity index (χ3n) is 17.8. The quantitative estimate of drug-likeness (QED) is 0.00671.